The Balaban J connectivity index is 1.90. The summed E-state index contributed by atoms with van der Waals surface area (Å²) in [5.74, 6) is 0.354. The van der Waals surface area contributed by atoms with Crippen LogP contribution in [0.2, 0.25) is 5.02 Å². The Labute approximate surface area is 205 Å². The number of halogens is 1. The van der Waals surface area contributed by atoms with E-state index < -0.39 is 24.0 Å². The van der Waals surface area contributed by atoms with E-state index in [0.717, 1.165) is 11.1 Å². The molecule has 1 aromatic rings. The Morgan fingerprint density at radius 2 is 2.09 bits per heavy atom. The zero-order chi connectivity index (χ0) is 24.9. The topological polar surface area (TPSA) is 108 Å². The van der Waals surface area contributed by atoms with Crippen molar-refractivity contribution in [3.05, 3.63) is 46.5 Å². The third kappa shape index (κ3) is 6.74. The maximum absolute atomic E-state index is 12.9. The van der Waals surface area contributed by atoms with Crippen LogP contribution in [0.25, 0.3) is 0 Å². The number of alkyl carbamates (subject to hydrolysis) is 1. The van der Waals surface area contributed by atoms with Gasteiger partial charge >= 0.3 is 6.09 Å². The normalized spacial score (nSPS) is 29.5. The highest BCUT2D eigenvalue weighted by atomic mass is 35.5. The van der Waals surface area contributed by atoms with Crippen LogP contribution in [0.1, 0.15) is 51.0 Å². The molecule has 0 radical (unpaired) electrons. The van der Waals surface area contributed by atoms with Crippen LogP contribution in [0.5, 0.6) is 5.75 Å². The zero-order valence-corrected chi connectivity index (χ0v) is 20.6. The van der Waals surface area contributed by atoms with Gasteiger partial charge in [-0.05, 0) is 43.9 Å². The zero-order valence-electron chi connectivity index (χ0n) is 19.8. The van der Waals surface area contributed by atoms with E-state index in [1.54, 1.807) is 13.1 Å². The van der Waals surface area contributed by atoms with E-state index in [4.69, 9.17) is 21.1 Å². The van der Waals surface area contributed by atoms with Crippen molar-refractivity contribution >= 4 is 29.3 Å². The Hall–Kier alpha value is -2.55. The number of aliphatic hydroxyl groups is 2. The van der Waals surface area contributed by atoms with Crippen molar-refractivity contribution in [3.63, 3.8) is 0 Å². The van der Waals surface area contributed by atoms with E-state index in [1.165, 1.54) is 12.0 Å². The van der Waals surface area contributed by atoms with Gasteiger partial charge in [-0.25, -0.2) is 4.79 Å². The smallest absolute Gasteiger partial charge is 0.409 e. The van der Waals surface area contributed by atoms with Gasteiger partial charge in [0.25, 0.3) is 0 Å². The first-order chi connectivity index (χ1) is 16.1. The fraction of sp³-hybridized carbons (Fsp3) is 0.520. The number of fused-ring (bicyclic) bond motifs is 4. The van der Waals surface area contributed by atoms with Crippen molar-refractivity contribution in [2.45, 2.75) is 69.8 Å². The number of nitrogens with zero attached hydrogens (tertiary/aromatic N) is 1. The molecule has 2 heterocycles. The van der Waals surface area contributed by atoms with E-state index in [9.17, 15) is 19.8 Å². The molecule has 34 heavy (non-hydrogen) atoms. The van der Waals surface area contributed by atoms with Crippen LogP contribution < -0.4 is 15.0 Å². The monoisotopic (exact) mass is 492 g/mol. The largest absolute Gasteiger partial charge is 0.495 e. The number of allylic oxidation sites excluding steroid dienone is 3. The number of hydrogen-bond donors (Lipinski definition) is 3. The van der Waals surface area contributed by atoms with Crippen LogP contribution in [0.4, 0.5) is 10.5 Å². The second kappa shape index (κ2) is 11.3. The van der Waals surface area contributed by atoms with Crippen LogP contribution in [0, 0.1) is 0 Å². The summed E-state index contributed by atoms with van der Waals surface area (Å²) in [4.78, 5) is 26.3. The molecular weight excluding hydrogens is 460 g/mol. The van der Waals surface area contributed by atoms with E-state index in [1.807, 2.05) is 31.2 Å². The molecule has 1 fully saturated rings. The molecule has 9 heteroatoms. The maximum Gasteiger partial charge on any atom is 0.409 e. The second-order valence-electron chi connectivity index (χ2n) is 9.08. The molecule has 2 aliphatic heterocycles. The summed E-state index contributed by atoms with van der Waals surface area (Å²) >= 11 is 6.51. The Morgan fingerprint density at radius 1 is 1.32 bits per heavy atom. The lowest BCUT2D eigenvalue weighted by Crippen LogP contribution is -2.56. The summed E-state index contributed by atoms with van der Waals surface area (Å²) in [6.07, 6.45) is 5.64. The number of amides is 2. The van der Waals surface area contributed by atoms with E-state index in [0.29, 0.717) is 35.7 Å². The Bertz CT molecular complexity index is 978. The lowest BCUT2D eigenvalue weighted by molar-refractivity contribution is -0.118. The predicted molar refractivity (Wildman–Crippen MR) is 130 cm³/mol. The van der Waals surface area contributed by atoms with Crippen LogP contribution in [-0.2, 0) is 16.0 Å². The number of benzene rings is 1. The number of ether oxygens (including phenoxy) is 2. The van der Waals surface area contributed by atoms with E-state index in [2.05, 4.69) is 5.32 Å². The number of rotatable bonds is 1. The van der Waals surface area contributed by atoms with Gasteiger partial charge in [0.05, 0.1) is 18.9 Å². The van der Waals surface area contributed by atoms with Gasteiger partial charge in [-0.3, -0.25) is 10.1 Å². The number of nitrogens with one attached hydrogen (secondary N) is 1. The first kappa shape index (κ1) is 26.1. The minimum atomic E-state index is -1.45. The quantitative estimate of drug-likeness (QED) is 0.549. The molecule has 1 saturated heterocycles. The molecule has 3 atom stereocenters. The second-order valence-corrected chi connectivity index (χ2v) is 9.45. The summed E-state index contributed by atoms with van der Waals surface area (Å²) in [6, 6.07) is 3.73. The average molecular weight is 493 g/mol. The van der Waals surface area contributed by atoms with Gasteiger partial charge in [-0.15, -0.1) is 0 Å². The summed E-state index contributed by atoms with van der Waals surface area (Å²) < 4.78 is 10.7. The van der Waals surface area contributed by atoms with Gasteiger partial charge in [0, 0.05) is 32.7 Å². The molecule has 2 aliphatic rings. The number of carbonyl (C=O) groups excluding carboxylic acids is 2. The number of methoxy groups -OCH3 is 1. The molecule has 3 rings (SSSR count). The highest BCUT2D eigenvalue weighted by Crippen LogP contribution is 2.37. The van der Waals surface area contributed by atoms with Gasteiger partial charge in [0.2, 0.25) is 5.91 Å². The molecule has 3 N–H and O–H groups in total. The molecule has 2 amide bonds. The van der Waals surface area contributed by atoms with Crippen molar-refractivity contribution in [1.82, 2.24) is 5.32 Å². The molecule has 0 spiro atoms. The fourth-order valence-corrected chi connectivity index (χ4v) is 4.64. The minimum Gasteiger partial charge on any atom is -0.495 e. The van der Waals surface area contributed by atoms with Crippen molar-refractivity contribution in [2.24, 2.45) is 0 Å². The van der Waals surface area contributed by atoms with E-state index >= 15 is 0 Å². The maximum atomic E-state index is 12.9. The van der Waals surface area contributed by atoms with Gasteiger partial charge < -0.3 is 24.6 Å². The molecule has 0 aromatic heterocycles. The van der Waals surface area contributed by atoms with Crippen molar-refractivity contribution in [3.8, 4) is 5.75 Å². The summed E-state index contributed by atoms with van der Waals surface area (Å²) in [5, 5.41) is 24.1. The standard InChI is InChI=1S/C25H33ClN2O6/c1-16-7-4-5-10-25(32)15-19(34-24(31)27-25)14-18(29)8-6-9-22(30)28(2)20-12-17(11-16)13-21(33-3)23(20)26/h4-5,7,12-13,18-19,29,32H,6,8-11,14-15H2,1-3H3,(H,27,31)/b5-4+,16-7+/t18?,19-,25-/m1/s1. The lowest BCUT2D eigenvalue weighted by Gasteiger charge is -2.37. The highest BCUT2D eigenvalue weighted by molar-refractivity contribution is 6.35. The van der Waals surface area contributed by atoms with Crippen LogP contribution >= 0.6 is 11.6 Å². The number of anilines is 1. The lowest BCUT2D eigenvalue weighted by atomic mass is 9.95. The van der Waals surface area contributed by atoms with Gasteiger partial charge in [-0.1, -0.05) is 35.4 Å². The summed E-state index contributed by atoms with van der Waals surface area (Å²) in [5.41, 5.74) is 1.10. The fourth-order valence-electron chi connectivity index (χ4n) is 4.33. The van der Waals surface area contributed by atoms with Gasteiger partial charge in [-0.2, -0.15) is 0 Å². The predicted octanol–water partition coefficient (Wildman–Crippen LogP) is 3.87. The number of carbonyl (C=O) groups is 2. The first-order valence-corrected chi connectivity index (χ1v) is 11.8. The van der Waals surface area contributed by atoms with Crippen LogP contribution in [0.3, 0.4) is 0 Å². The SMILES string of the molecule is COc1cc2cc(c1Cl)N(C)C(=O)CCCC(O)C[C@@H]1C[C@](O)(C/C=C/C=C(\C)C2)NC(=O)O1. The van der Waals surface area contributed by atoms with Crippen molar-refractivity contribution in [1.29, 1.82) is 0 Å². The van der Waals surface area contributed by atoms with Crippen LogP contribution in [0.15, 0.2) is 35.9 Å². The highest BCUT2D eigenvalue weighted by Gasteiger charge is 2.39. The average Bonchev–Trinajstić information content (AvgIpc) is 2.76. The molecule has 0 saturated carbocycles. The Kier molecular flexibility index (Phi) is 8.62. The number of hydrogen-bond acceptors (Lipinski definition) is 6. The molecule has 1 aromatic carbocycles. The molecule has 186 valence electrons. The van der Waals surface area contributed by atoms with Gasteiger partial charge in [0.15, 0.2) is 0 Å². The third-order valence-electron chi connectivity index (χ3n) is 6.13. The van der Waals surface area contributed by atoms with Gasteiger partial charge in [0.1, 0.15) is 22.6 Å². The Morgan fingerprint density at radius 3 is 2.82 bits per heavy atom. The first-order valence-electron chi connectivity index (χ1n) is 11.4. The third-order valence-corrected chi connectivity index (χ3v) is 6.51. The van der Waals surface area contributed by atoms with Crippen molar-refractivity contribution < 1.29 is 29.3 Å². The van der Waals surface area contributed by atoms with E-state index in [-0.39, 0.29) is 31.6 Å². The minimum absolute atomic E-state index is 0.135. The molecular formula is C25H33ClN2O6. The summed E-state index contributed by atoms with van der Waals surface area (Å²) in [7, 11) is 3.21. The molecule has 0 aliphatic carbocycles. The summed E-state index contributed by atoms with van der Waals surface area (Å²) in [6.45, 7) is 1.98. The molecule has 1 unspecified atom stereocenters. The molecule has 8 nitrogen and oxygen atoms in total. The van der Waals surface area contributed by atoms with Crippen molar-refractivity contribution in [2.75, 3.05) is 19.1 Å². The van der Waals surface area contributed by atoms with Crippen LogP contribution in [-0.4, -0.2) is 54.3 Å². The molecule has 4 bridgehead atoms. The number of aliphatic hydroxyl groups excluding tert-OH is 1.